The van der Waals surface area contributed by atoms with E-state index in [4.69, 9.17) is 16.3 Å². The third kappa shape index (κ3) is 8.09. The van der Waals surface area contributed by atoms with Crippen molar-refractivity contribution in [2.75, 3.05) is 26.0 Å². The molecule has 3 rings (SSSR count). The van der Waals surface area contributed by atoms with Crippen molar-refractivity contribution in [3.63, 3.8) is 0 Å². The van der Waals surface area contributed by atoms with Crippen LogP contribution in [0.3, 0.4) is 0 Å². The molecule has 0 aliphatic carbocycles. The fourth-order valence-corrected chi connectivity index (χ4v) is 5.18. The van der Waals surface area contributed by atoms with Gasteiger partial charge < -0.3 is 10.1 Å². The third-order valence-electron chi connectivity index (χ3n) is 5.80. The van der Waals surface area contributed by atoms with Crippen molar-refractivity contribution in [1.82, 2.24) is 9.62 Å². The second kappa shape index (κ2) is 12.3. The Hall–Kier alpha value is -1.41. The Morgan fingerprint density at radius 2 is 1.85 bits per heavy atom. The monoisotopic (exact) mass is 510 g/mol. The number of carbonyl (C=O) groups excluding carboxylic acids is 1. The Labute approximate surface area is 210 Å². The lowest BCUT2D eigenvalue weighted by atomic mass is 9.86. The zero-order chi connectivity index (χ0) is 23.8. The largest absolute Gasteiger partial charge is 0.491 e. The minimum atomic E-state index is -0.507. The van der Waals surface area contributed by atoms with Gasteiger partial charge >= 0.3 is 0 Å². The highest BCUT2D eigenvalue weighted by Crippen LogP contribution is 2.29. The summed E-state index contributed by atoms with van der Waals surface area (Å²) in [5.41, 5.74) is -0.507. The summed E-state index contributed by atoms with van der Waals surface area (Å²) in [5, 5.41) is 3.58. The van der Waals surface area contributed by atoms with Gasteiger partial charge in [0.2, 0.25) is 5.91 Å². The van der Waals surface area contributed by atoms with Crippen LogP contribution in [0.4, 0.5) is 4.39 Å². The average molecular weight is 511 g/mol. The van der Waals surface area contributed by atoms with E-state index in [9.17, 15) is 9.18 Å². The molecule has 1 saturated heterocycles. The normalized spacial score (nSPS) is 15.4. The highest BCUT2D eigenvalue weighted by molar-refractivity contribution is 7.98. The van der Waals surface area contributed by atoms with Gasteiger partial charge in [-0.05, 0) is 86.4 Å². The van der Waals surface area contributed by atoms with Gasteiger partial charge in [-0.3, -0.25) is 4.79 Å². The first-order valence-corrected chi connectivity index (χ1v) is 13.6. The number of hydrogen-bond donors (Lipinski definition) is 1. The van der Waals surface area contributed by atoms with Gasteiger partial charge in [0.05, 0.1) is 6.61 Å². The molecule has 180 valence electrons. The zero-order valence-electron chi connectivity index (χ0n) is 19.4. The van der Waals surface area contributed by atoms with Crippen molar-refractivity contribution in [2.45, 2.75) is 55.4 Å². The highest BCUT2D eigenvalue weighted by atomic mass is 35.5. The molecule has 0 radical (unpaired) electrons. The predicted molar refractivity (Wildman–Crippen MR) is 137 cm³/mol. The van der Waals surface area contributed by atoms with Crippen LogP contribution in [-0.2, 0) is 4.79 Å². The lowest BCUT2D eigenvalue weighted by Gasteiger charge is -2.33. The van der Waals surface area contributed by atoms with Gasteiger partial charge in [-0.15, -0.1) is 11.8 Å². The van der Waals surface area contributed by atoms with Crippen molar-refractivity contribution in [3.05, 3.63) is 53.3 Å². The SMILES string of the molecule is CSc1ccc(SN2CCC(NC(=O)C(C)(C)CCCOc3ccc(Cl)cc3F)CC2)cc1. The number of rotatable bonds is 10. The van der Waals surface area contributed by atoms with Crippen molar-refractivity contribution in [3.8, 4) is 5.75 Å². The van der Waals surface area contributed by atoms with Crippen LogP contribution in [0.2, 0.25) is 5.02 Å². The molecule has 1 fully saturated rings. The van der Waals surface area contributed by atoms with Crippen molar-refractivity contribution >= 4 is 41.2 Å². The van der Waals surface area contributed by atoms with Crippen LogP contribution < -0.4 is 10.1 Å². The van der Waals surface area contributed by atoms with Crippen LogP contribution in [0.25, 0.3) is 0 Å². The molecule has 0 unspecified atom stereocenters. The Balaban J connectivity index is 1.37. The van der Waals surface area contributed by atoms with Gasteiger partial charge in [-0.25, -0.2) is 8.70 Å². The molecule has 2 aromatic carbocycles. The molecule has 33 heavy (non-hydrogen) atoms. The van der Waals surface area contributed by atoms with Crippen molar-refractivity contribution in [1.29, 1.82) is 0 Å². The molecule has 2 aromatic rings. The Bertz CT molecular complexity index is 919. The standard InChI is InChI=1S/C25H32ClFN2O2S2/c1-25(2,13-4-16-31-23-10-5-18(26)17-22(23)27)24(30)28-19-11-14-29(15-12-19)33-21-8-6-20(32-3)7-9-21/h5-10,17,19H,4,11-16H2,1-3H3,(H,28,30). The number of ether oxygens (including phenoxy) is 1. The fraction of sp³-hybridized carbons (Fsp3) is 0.480. The Kier molecular flexibility index (Phi) is 9.80. The van der Waals surface area contributed by atoms with Gasteiger partial charge in [0.1, 0.15) is 0 Å². The van der Waals surface area contributed by atoms with Gasteiger partial charge in [0.25, 0.3) is 0 Å². The van der Waals surface area contributed by atoms with E-state index < -0.39 is 11.2 Å². The highest BCUT2D eigenvalue weighted by Gasteiger charge is 2.30. The zero-order valence-corrected chi connectivity index (χ0v) is 21.8. The quantitative estimate of drug-likeness (QED) is 0.219. The number of nitrogens with zero attached hydrogens (tertiary/aromatic N) is 1. The van der Waals surface area contributed by atoms with E-state index in [1.165, 1.54) is 21.9 Å². The average Bonchev–Trinajstić information content (AvgIpc) is 2.79. The molecule has 4 nitrogen and oxygen atoms in total. The topological polar surface area (TPSA) is 41.6 Å². The maximum Gasteiger partial charge on any atom is 0.225 e. The van der Waals surface area contributed by atoms with E-state index >= 15 is 0 Å². The first-order valence-electron chi connectivity index (χ1n) is 11.2. The molecule has 0 bridgehead atoms. The second-order valence-corrected chi connectivity index (χ2v) is 11.3. The maximum absolute atomic E-state index is 13.8. The van der Waals surface area contributed by atoms with E-state index in [2.05, 4.69) is 40.1 Å². The summed E-state index contributed by atoms with van der Waals surface area (Å²) in [6.45, 7) is 6.15. The lowest BCUT2D eigenvalue weighted by molar-refractivity contribution is -0.130. The second-order valence-electron chi connectivity index (χ2n) is 8.85. The molecule has 1 amide bonds. The number of benzene rings is 2. The van der Waals surface area contributed by atoms with E-state index in [0.29, 0.717) is 24.5 Å². The minimum Gasteiger partial charge on any atom is -0.491 e. The van der Waals surface area contributed by atoms with Crippen LogP contribution >= 0.6 is 35.3 Å². The van der Waals surface area contributed by atoms with Gasteiger partial charge in [-0.1, -0.05) is 25.4 Å². The number of halogens is 2. The molecular formula is C25H32ClFN2O2S2. The summed E-state index contributed by atoms with van der Waals surface area (Å²) in [6, 6.07) is 13.2. The fourth-order valence-electron chi connectivity index (χ4n) is 3.66. The summed E-state index contributed by atoms with van der Waals surface area (Å²) in [4.78, 5) is 15.4. The molecule has 8 heteroatoms. The van der Waals surface area contributed by atoms with Crippen LogP contribution in [0.15, 0.2) is 52.3 Å². The predicted octanol–water partition coefficient (Wildman–Crippen LogP) is 6.67. The van der Waals surface area contributed by atoms with Gasteiger partial charge in [0.15, 0.2) is 11.6 Å². The summed E-state index contributed by atoms with van der Waals surface area (Å²) >= 11 is 9.30. The smallest absolute Gasteiger partial charge is 0.225 e. The molecular weight excluding hydrogens is 479 g/mol. The molecule has 0 saturated carbocycles. The number of amides is 1. The summed E-state index contributed by atoms with van der Waals surface area (Å²) in [5.74, 6) is -0.216. The Morgan fingerprint density at radius 3 is 2.48 bits per heavy atom. The lowest BCUT2D eigenvalue weighted by Crippen LogP contribution is -2.47. The van der Waals surface area contributed by atoms with E-state index in [1.54, 1.807) is 29.8 Å². The van der Waals surface area contributed by atoms with Crippen LogP contribution in [0, 0.1) is 11.2 Å². The van der Waals surface area contributed by atoms with E-state index in [1.807, 2.05) is 13.8 Å². The Morgan fingerprint density at radius 1 is 1.18 bits per heavy atom. The molecule has 1 aliphatic rings. The molecule has 0 aromatic heterocycles. The van der Waals surface area contributed by atoms with E-state index in [-0.39, 0.29) is 17.7 Å². The maximum atomic E-state index is 13.8. The number of nitrogens with one attached hydrogen (secondary N) is 1. The summed E-state index contributed by atoms with van der Waals surface area (Å²) in [7, 11) is 0. The number of carbonyl (C=O) groups is 1. The van der Waals surface area contributed by atoms with E-state index in [0.717, 1.165) is 25.9 Å². The summed E-state index contributed by atoms with van der Waals surface area (Å²) < 4.78 is 21.7. The van der Waals surface area contributed by atoms with Crippen molar-refractivity contribution in [2.24, 2.45) is 5.41 Å². The minimum absolute atomic E-state index is 0.0685. The molecule has 1 N–H and O–H groups in total. The molecule has 1 aliphatic heterocycles. The molecule has 0 atom stereocenters. The number of piperidine rings is 1. The third-order valence-corrected chi connectivity index (χ3v) is 7.88. The van der Waals surface area contributed by atoms with Crippen LogP contribution in [0.5, 0.6) is 5.75 Å². The molecule has 0 spiro atoms. The van der Waals surface area contributed by atoms with Gasteiger partial charge in [0, 0.05) is 39.4 Å². The summed E-state index contributed by atoms with van der Waals surface area (Å²) in [6.07, 6.45) is 5.29. The first kappa shape index (κ1) is 26.2. The number of thioether (sulfide) groups is 1. The number of hydrogen-bond acceptors (Lipinski definition) is 5. The van der Waals surface area contributed by atoms with Crippen LogP contribution in [-0.4, -0.2) is 42.2 Å². The van der Waals surface area contributed by atoms with Crippen LogP contribution in [0.1, 0.15) is 39.5 Å². The molecule has 1 heterocycles. The van der Waals surface area contributed by atoms with Gasteiger partial charge in [-0.2, -0.15) is 0 Å². The van der Waals surface area contributed by atoms with Crippen molar-refractivity contribution < 1.29 is 13.9 Å². The first-order chi connectivity index (χ1) is 15.8.